The third-order valence-electron chi connectivity index (χ3n) is 11.2. The number of aromatic carboxylic acids is 1. The van der Waals surface area contributed by atoms with Gasteiger partial charge in [0, 0.05) is 71.1 Å². The van der Waals surface area contributed by atoms with Crippen LogP contribution in [0.3, 0.4) is 0 Å². The number of piperidine rings is 6. The lowest BCUT2D eigenvalue weighted by molar-refractivity contribution is -0.0643. The normalized spacial score (nSPS) is 24.9. The maximum atomic E-state index is 12.5. The van der Waals surface area contributed by atoms with E-state index in [9.17, 15) is 14.4 Å². The number of hydrogen-bond donors (Lipinski definition) is 2. The van der Waals surface area contributed by atoms with E-state index in [0.717, 1.165) is 11.5 Å². The first kappa shape index (κ1) is 47.6. The zero-order valence-electron chi connectivity index (χ0n) is 31.3. The Labute approximate surface area is 356 Å². The smallest absolute Gasteiger partial charge is 0.335 e. The SMILES string of the molecule is CC1(C)C(CC(=O)c2ccc(Cl)cc2)C2CCN1CC2.CC1(C)C(N)C2CCN1CC2.O=C(Cl)c1ccc(Cl)cc1.O=C(O)c1ccc(Cl)cc1.O=S(Cl)Cl. The lowest BCUT2D eigenvalue weighted by Gasteiger charge is -2.56. The highest BCUT2D eigenvalue weighted by Crippen LogP contribution is 2.45. The third-order valence-corrected chi connectivity index (χ3v) is 12.2. The summed E-state index contributed by atoms with van der Waals surface area (Å²) in [5.41, 5.74) is 8.09. The molecule has 0 amide bonds. The lowest BCUT2D eigenvalue weighted by Crippen LogP contribution is -2.67. The van der Waals surface area contributed by atoms with Crippen molar-refractivity contribution in [1.29, 1.82) is 0 Å². The minimum atomic E-state index is -1.67. The molecule has 3 N–H and O–H groups in total. The Bertz CT molecular complexity index is 1670. The van der Waals surface area contributed by atoms with E-state index in [-0.39, 0.29) is 22.4 Å². The summed E-state index contributed by atoms with van der Waals surface area (Å²) in [6, 6.07) is 20.1. The molecule has 6 heterocycles. The maximum Gasteiger partial charge on any atom is 0.335 e. The van der Waals surface area contributed by atoms with Crippen LogP contribution < -0.4 is 5.73 Å². The fraction of sp³-hybridized carbons (Fsp3) is 0.475. The predicted molar refractivity (Wildman–Crippen MR) is 229 cm³/mol. The van der Waals surface area contributed by atoms with Crippen LogP contribution in [0.5, 0.6) is 0 Å². The first-order chi connectivity index (χ1) is 25.7. The highest BCUT2D eigenvalue weighted by molar-refractivity contribution is 8.26. The average molecular weight is 897 g/mol. The summed E-state index contributed by atoms with van der Waals surface area (Å²) < 4.78 is 9.09. The van der Waals surface area contributed by atoms with Crippen LogP contribution in [-0.4, -0.2) is 79.4 Å². The molecule has 6 aliphatic rings. The second-order valence-corrected chi connectivity index (χ2v) is 19.2. The summed E-state index contributed by atoms with van der Waals surface area (Å²) >= 11 is 22.1. The van der Waals surface area contributed by atoms with Gasteiger partial charge < -0.3 is 10.8 Å². The van der Waals surface area contributed by atoms with Crippen molar-refractivity contribution in [3.8, 4) is 0 Å². The third kappa shape index (κ3) is 14.2. The van der Waals surface area contributed by atoms with Crippen molar-refractivity contribution in [3.05, 3.63) is 105 Å². The van der Waals surface area contributed by atoms with E-state index < -0.39 is 20.4 Å². The number of nitrogens with two attached hydrogens (primary N) is 1. The molecule has 3 aromatic rings. The van der Waals surface area contributed by atoms with E-state index in [1.165, 1.54) is 64.0 Å². The average Bonchev–Trinajstić information content (AvgIpc) is 3.13. The number of nitrogens with zero attached hydrogens (tertiary/aromatic N) is 2. The Morgan fingerprint density at radius 2 is 1.02 bits per heavy atom. The first-order valence-corrected chi connectivity index (χ1v) is 22.3. The second-order valence-electron chi connectivity index (χ2n) is 15.0. The Kier molecular flexibility index (Phi) is 18.9. The molecule has 0 saturated carbocycles. The fourth-order valence-electron chi connectivity index (χ4n) is 7.86. The topological polar surface area (TPSA) is 121 Å². The molecule has 0 spiro atoms. The van der Waals surface area contributed by atoms with Crippen molar-refractivity contribution >= 4 is 94.0 Å². The number of halogens is 6. The number of benzene rings is 3. The molecule has 8 nitrogen and oxygen atoms in total. The van der Waals surface area contributed by atoms with Gasteiger partial charge in [0.05, 0.1) is 5.56 Å². The number of ketones is 1. The zero-order valence-corrected chi connectivity index (χ0v) is 36.7. The van der Waals surface area contributed by atoms with Crippen LogP contribution in [-0.2, 0) is 9.23 Å². The standard InChI is InChI=1S/C17H22ClNO.C9H18N2.C7H4Cl2O.C7H5ClO2.Cl2OS/c1-17(2)15(12-7-9-19(17)10-8-12)11-16(20)13-3-5-14(18)6-4-13;1-9(2)8(10)7-3-5-11(9)6-4-7;2*8-6-3-1-5(2-4-6)7(9)10;1-4(2)3/h3-6,12,15H,7-11H2,1-2H3;7-8H,3-6,10H2,1-2H3;1-4H;1-4H,(H,9,10);. The van der Waals surface area contributed by atoms with Gasteiger partial charge >= 0.3 is 5.97 Å². The molecule has 0 aliphatic carbocycles. The van der Waals surface area contributed by atoms with Crippen LogP contribution in [0.4, 0.5) is 0 Å². The van der Waals surface area contributed by atoms with Crippen LogP contribution in [0.2, 0.25) is 15.1 Å². The predicted octanol–water partition coefficient (Wildman–Crippen LogP) is 10.7. The Morgan fingerprint density at radius 1 is 0.673 bits per heavy atom. The lowest BCUT2D eigenvalue weighted by atomic mass is 9.65. The van der Waals surface area contributed by atoms with Crippen molar-refractivity contribution in [2.24, 2.45) is 23.5 Å². The van der Waals surface area contributed by atoms with Gasteiger partial charge in [-0.15, -0.1) is 0 Å². The van der Waals surface area contributed by atoms with E-state index in [2.05, 4.69) is 58.9 Å². The van der Waals surface area contributed by atoms with Crippen LogP contribution in [0.15, 0.2) is 72.8 Å². The number of hydrogen-bond acceptors (Lipinski definition) is 7. The van der Waals surface area contributed by atoms with Gasteiger partial charge in [-0.25, -0.2) is 9.00 Å². The Balaban J connectivity index is 0.000000200. The van der Waals surface area contributed by atoms with Crippen molar-refractivity contribution in [2.75, 3.05) is 26.2 Å². The molecular weight excluding hydrogens is 847 g/mol. The molecule has 4 bridgehead atoms. The number of fused-ring (bicyclic) bond motifs is 6. The molecule has 0 radical (unpaired) electrons. The summed E-state index contributed by atoms with van der Waals surface area (Å²) in [6.45, 7) is 14.1. The quantitative estimate of drug-likeness (QED) is 0.192. The summed E-state index contributed by atoms with van der Waals surface area (Å²) in [5.74, 6) is 1.32. The number of Topliss-reactive ketones (excluding diaryl/α,β-unsaturated/α-hetero) is 1. The van der Waals surface area contributed by atoms with Crippen LogP contribution in [0.1, 0.15) is 90.9 Å². The van der Waals surface area contributed by atoms with Gasteiger partial charge in [0.25, 0.3) is 5.24 Å². The molecule has 9 rings (SSSR count). The van der Waals surface area contributed by atoms with Crippen molar-refractivity contribution in [3.63, 3.8) is 0 Å². The largest absolute Gasteiger partial charge is 0.478 e. The number of carboxylic acids is 1. The first-order valence-electron chi connectivity index (χ1n) is 18.0. The molecular formula is C40H49Cl6N3O5S. The minimum Gasteiger partial charge on any atom is -0.478 e. The molecule has 0 aromatic heterocycles. The van der Waals surface area contributed by atoms with Gasteiger partial charge in [0.15, 0.2) is 5.78 Å². The van der Waals surface area contributed by atoms with Gasteiger partial charge in [-0.3, -0.25) is 19.4 Å². The fourth-order valence-corrected chi connectivity index (χ4v) is 8.36. The van der Waals surface area contributed by atoms with Gasteiger partial charge in [-0.05, 0) is 182 Å². The molecule has 2 unspecified atom stereocenters. The second kappa shape index (κ2) is 21.8. The number of carbonyl (C=O) groups is 3. The van der Waals surface area contributed by atoms with E-state index in [0.29, 0.717) is 44.9 Å². The zero-order chi connectivity index (χ0) is 41.1. The van der Waals surface area contributed by atoms with Gasteiger partial charge in [-0.2, -0.15) is 0 Å². The number of rotatable bonds is 5. The molecule has 6 aliphatic heterocycles. The van der Waals surface area contributed by atoms with Gasteiger partial charge in [0.1, 0.15) is 0 Å². The molecule has 6 fully saturated rings. The monoisotopic (exact) mass is 893 g/mol. The van der Waals surface area contributed by atoms with E-state index in [1.807, 2.05) is 12.1 Å². The summed E-state index contributed by atoms with van der Waals surface area (Å²) in [7, 11) is 7.36. The van der Waals surface area contributed by atoms with Gasteiger partial charge in [-0.1, -0.05) is 34.8 Å². The minimum absolute atomic E-state index is 0.156. The maximum absolute atomic E-state index is 12.5. The molecule has 15 heteroatoms. The Hall–Kier alpha value is -1.76. The van der Waals surface area contributed by atoms with Crippen molar-refractivity contribution in [2.45, 2.75) is 76.9 Å². The van der Waals surface area contributed by atoms with Gasteiger partial charge in [0.2, 0.25) is 9.23 Å². The van der Waals surface area contributed by atoms with E-state index >= 15 is 0 Å². The number of carboxylic acid groups (broad SMARTS) is 1. The van der Waals surface area contributed by atoms with Crippen molar-refractivity contribution in [1.82, 2.24) is 9.80 Å². The summed E-state index contributed by atoms with van der Waals surface area (Å²) in [4.78, 5) is 38.4. The van der Waals surface area contributed by atoms with Crippen LogP contribution in [0.25, 0.3) is 0 Å². The van der Waals surface area contributed by atoms with Crippen LogP contribution >= 0.6 is 67.8 Å². The molecule has 3 aromatic carbocycles. The summed E-state index contributed by atoms with van der Waals surface area (Å²) in [5, 5.41) is 9.80. The van der Waals surface area contributed by atoms with Crippen molar-refractivity contribution < 1.29 is 23.7 Å². The van der Waals surface area contributed by atoms with E-state index in [4.69, 9.17) is 61.5 Å². The summed E-state index contributed by atoms with van der Waals surface area (Å²) in [6.07, 6.45) is 5.81. The Morgan fingerprint density at radius 3 is 1.33 bits per heavy atom. The van der Waals surface area contributed by atoms with Crippen LogP contribution in [0, 0.1) is 17.8 Å². The van der Waals surface area contributed by atoms with E-state index in [1.54, 1.807) is 48.5 Å². The molecule has 55 heavy (non-hydrogen) atoms. The molecule has 6 saturated heterocycles. The molecule has 302 valence electrons. The highest BCUT2D eigenvalue weighted by Gasteiger charge is 2.48. The molecule has 2 atom stereocenters. The highest BCUT2D eigenvalue weighted by atomic mass is 36.0. The number of carbonyl (C=O) groups excluding carboxylic acids is 2.